The third-order valence-corrected chi connectivity index (χ3v) is 6.13. The number of aryl methyl sites for hydroxylation is 1. The van der Waals surface area contributed by atoms with E-state index in [2.05, 4.69) is 26.6 Å². The molecule has 2 amide bonds. The third-order valence-electron chi connectivity index (χ3n) is 6.13. The highest BCUT2D eigenvalue weighted by Crippen LogP contribution is 2.32. The fourth-order valence-electron chi connectivity index (χ4n) is 4.23. The molecule has 9 nitrogen and oxygen atoms in total. The second-order valence-corrected chi connectivity index (χ2v) is 8.48. The number of ether oxygens (including phenoxy) is 2. The Morgan fingerprint density at radius 1 is 1.12 bits per heavy atom. The number of aliphatic imine (C=N–C) groups is 1. The first kappa shape index (κ1) is 21.3. The summed E-state index contributed by atoms with van der Waals surface area (Å²) in [5.74, 6) is 1.61. The normalized spacial score (nSPS) is 20.3. The van der Waals surface area contributed by atoms with Crippen LogP contribution in [-0.2, 0) is 16.1 Å². The van der Waals surface area contributed by atoms with Gasteiger partial charge in [-0.3, -0.25) is 19.8 Å². The number of piperazine rings is 1. The number of para-hydroxylation sites is 1. The average molecular weight is 450 g/mol. The summed E-state index contributed by atoms with van der Waals surface area (Å²) in [6.45, 7) is 6.10. The predicted octanol–water partition coefficient (Wildman–Crippen LogP) is 1.72. The largest absolute Gasteiger partial charge is 0.454 e. The van der Waals surface area contributed by atoms with Gasteiger partial charge in [0.2, 0.25) is 24.6 Å². The van der Waals surface area contributed by atoms with Crippen molar-refractivity contribution in [2.75, 3.05) is 38.3 Å². The zero-order valence-corrected chi connectivity index (χ0v) is 18.5. The summed E-state index contributed by atoms with van der Waals surface area (Å²) in [6, 6.07) is 12.9. The van der Waals surface area contributed by atoms with Gasteiger partial charge >= 0.3 is 0 Å². The molecule has 5 rings (SSSR count). The monoisotopic (exact) mass is 449 g/mol. The van der Waals surface area contributed by atoms with Crippen molar-refractivity contribution >= 4 is 23.5 Å². The van der Waals surface area contributed by atoms with Gasteiger partial charge in [0.25, 0.3) is 0 Å². The second-order valence-electron chi connectivity index (χ2n) is 8.48. The maximum absolute atomic E-state index is 12.8. The standard InChI is InChI=1S/C24H27N5O4/c1-16-4-2-3-5-18(16)25-23(31)19-13-22(30)27-24(26-19)29-10-8-28(9-11-29)14-17-6-7-20-21(12-17)33-15-32-20/h2-7,12,19H,8-11,13-15H2,1H3,(H,25,31)(H,26,27,30). The molecule has 33 heavy (non-hydrogen) atoms. The van der Waals surface area contributed by atoms with E-state index in [9.17, 15) is 9.59 Å². The van der Waals surface area contributed by atoms with Crippen molar-refractivity contribution in [1.29, 1.82) is 0 Å². The minimum absolute atomic E-state index is 0.0469. The van der Waals surface area contributed by atoms with E-state index in [-0.39, 0.29) is 25.0 Å². The van der Waals surface area contributed by atoms with Crippen LogP contribution in [0.1, 0.15) is 17.5 Å². The number of hydrogen-bond donors (Lipinski definition) is 2. The van der Waals surface area contributed by atoms with E-state index in [0.717, 1.165) is 55.5 Å². The van der Waals surface area contributed by atoms with Crippen LogP contribution in [0, 0.1) is 6.92 Å². The van der Waals surface area contributed by atoms with Crippen molar-refractivity contribution in [3.05, 3.63) is 53.6 Å². The summed E-state index contributed by atoms with van der Waals surface area (Å²) < 4.78 is 10.8. The Hall–Kier alpha value is -3.59. The number of guanidine groups is 1. The van der Waals surface area contributed by atoms with Gasteiger partial charge in [-0.05, 0) is 36.2 Å². The zero-order chi connectivity index (χ0) is 22.8. The maximum atomic E-state index is 12.8. The van der Waals surface area contributed by atoms with E-state index in [1.54, 1.807) is 0 Å². The number of carbonyl (C=O) groups excluding carboxylic acids is 2. The lowest BCUT2D eigenvalue weighted by molar-refractivity contribution is -0.125. The van der Waals surface area contributed by atoms with Gasteiger partial charge < -0.3 is 19.7 Å². The van der Waals surface area contributed by atoms with Gasteiger partial charge in [0.1, 0.15) is 6.04 Å². The lowest BCUT2D eigenvalue weighted by Crippen LogP contribution is -2.56. The number of hydrogen-bond acceptors (Lipinski definition) is 7. The van der Waals surface area contributed by atoms with Crippen molar-refractivity contribution in [3.8, 4) is 11.5 Å². The molecule has 0 spiro atoms. The molecule has 1 atom stereocenters. The SMILES string of the molecule is Cc1ccccc1NC(=O)C1CC(=O)NC(N2CCN(Cc3ccc4c(c3)OCO4)CC2)=N1. The minimum Gasteiger partial charge on any atom is -0.454 e. The highest BCUT2D eigenvalue weighted by Gasteiger charge is 2.31. The quantitative estimate of drug-likeness (QED) is 0.738. The molecule has 3 aliphatic heterocycles. The molecule has 1 fully saturated rings. The molecule has 9 heteroatoms. The van der Waals surface area contributed by atoms with Gasteiger partial charge in [0, 0.05) is 38.4 Å². The average Bonchev–Trinajstić information content (AvgIpc) is 3.28. The maximum Gasteiger partial charge on any atom is 0.249 e. The zero-order valence-electron chi connectivity index (χ0n) is 18.5. The number of nitrogens with zero attached hydrogens (tertiary/aromatic N) is 3. The van der Waals surface area contributed by atoms with Gasteiger partial charge in [-0.1, -0.05) is 24.3 Å². The van der Waals surface area contributed by atoms with E-state index in [4.69, 9.17) is 9.47 Å². The summed E-state index contributed by atoms with van der Waals surface area (Å²) >= 11 is 0. The number of nitrogens with one attached hydrogen (secondary N) is 2. The molecule has 1 saturated heterocycles. The second kappa shape index (κ2) is 9.11. The minimum atomic E-state index is -0.736. The topological polar surface area (TPSA) is 95.5 Å². The summed E-state index contributed by atoms with van der Waals surface area (Å²) in [7, 11) is 0. The van der Waals surface area contributed by atoms with Crippen LogP contribution in [-0.4, -0.2) is 66.6 Å². The van der Waals surface area contributed by atoms with Crippen molar-refractivity contribution in [2.45, 2.75) is 25.9 Å². The molecule has 0 aliphatic carbocycles. The van der Waals surface area contributed by atoms with Gasteiger partial charge in [-0.2, -0.15) is 0 Å². The smallest absolute Gasteiger partial charge is 0.249 e. The Kier molecular flexibility index (Phi) is 5.87. The van der Waals surface area contributed by atoms with Gasteiger partial charge in [-0.15, -0.1) is 0 Å². The van der Waals surface area contributed by atoms with E-state index in [1.165, 1.54) is 5.56 Å². The van der Waals surface area contributed by atoms with E-state index in [0.29, 0.717) is 5.96 Å². The molecule has 3 heterocycles. The van der Waals surface area contributed by atoms with Crippen LogP contribution in [0.3, 0.4) is 0 Å². The number of rotatable bonds is 4. The Morgan fingerprint density at radius 2 is 1.91 bits per heavy atom. The Balaban J connectivity index is 1.19. The molecule has 0 saturated carbocycles. The molecular weight excluding hydrogens is 422 g/mol. The first-order chi connectivity index (χ1) is 16.0. The molecule has 1 unspecified atom stereocenters. The van der Waals surface area contributed by atoms with Crippen LogP contribution >= 0.6 is 0 Å². The van der Waals surface area contributed by atoms with Crippen LogP contribution in [0.25, 0.3) is 0 Å². The first-order valence-electron chi connectivity index (χ1n) is 11.1. The number of benzene rings is 2. The van der Waals surface area contributed by atoms with E-state index >= 15 is 0 Å². The first-order valence-corrected chi connectivity index (χ1v) is 11.1. The molecule has 0 aromatic heterocycles. The van der Waals surface area contributed by atoms with Crippen LogP contribution in [0.5, 0.6) is 11.5 Å². The van der Waals surface area contributed by atoms with E-state index in [1.807, 2.05) is 48.2 Å². The van der Waals surface area contributed by atoms with Crippen LogP contribution in [0.2, 0.25) is 0 Å². The van der Waals surface area contributed by atoms with Crippen molar-refractivity contribution in [2.24, 2.45) is 4.99 Å². The van der Waals surface area contributed by atoms with Gasteiger partial charge in [0.15, 0.2) is 11.5 Å². The van der Waals surface area contributed by atoms with Crippen LogP contribution < -0.4 is 20.1 Å². The van der Waals surface area contributed by atoms with E-state index < -0.39 is 6.04 Å². The Morgan fingerprint density at radius 3 is 2.73 bits per heavy atom. The Bertz CT molecular complexity index is 1090. The number of fused-ring (bicyclic) bond motifs is 1. The fourth-order valence-corrected chi connectivity index (χ4v) is 4.23. The lowest BCUT2D eigenvalue weighted by atomic mass is 10.1. The fraction of sp³-hybridized carbons (Fsp3) is 0.375. The number of amides is 2. The predicted molar refractivity (Wildman–Crippen MR) is 123 cm³/mol. The van der Waals surface area contributed by atoms with Gasteiger partial charge in [0.05, 0.1) is 6.42 Å². The van der Waals surface area contributed by atoms with Crippen LogP contribution in [0.15, 0.2) is 47.5 Å². The summed E-state index contributed by atoms with van der Waals surface area (Å²) in [5.41, 5.74) is 2.88. The van der Waals surface area contributed by atoms with Crippen molar-refractivity contribution < 1.29 is 19.1 Å². The summed E-state index contributed by atoms with van der Waals surface area (Å²) in [6.07, 6.45) is 0.0469. The number of carbonyl (C=O) groups is 2. The molecule has 2 aromatic rings. The van der Waals surface area contributed by atoms with Crippen LogP contribution in [0.4, 0.5) is 5.69 Å². The van der Waals surface area contributed by atoms with Crippen molar-refractivity contribution in [3.63, 3.8) is 0 Å². The lowest BCUT2D eigenvalue weighted by Gasteiger charge is -2.37. The summed E-state index contributed by atoms with van der Waals surface area (Å²) in [5, 5.41) is 5.75. The highest BCUT2D eigenvalue weighted by atomic mass is 16.7. The number of anilines is 1. The van der Waals surface area contributed by atoms with Gasteiger partial charge in [-0.25, -0.2) is 4.99 Å². The van der Waals surface area contributed by atoms with Crippen molar-refractivity contribution in [1.82, 2.24) is 15.1 Å². The molecule has 172 valence electrons. The summed E-state index contributed by atoms with van der Waals surface area (Å²) in [4.78, 5) is 34.1. The third kappa shape index (κ3) is 4.78. The highest BCUT2D eigenvalue weighted by molar-refractivity contribution is 6.06. The molecule has 2 aromatic carbocycles. The Labute approximate surface area is 192 Å². The molecular formula is C24H27N5O4. The molecule has 2 N–H and O–H groups in total. The molecule has 3 aliphatic rings. The molecule has 0 bridgehead atoms. The molecule has 0 radical (unpaired) electrons.